The lowest BCUT2D eigenvalue weighted by Gasteiger charge is -2.24. The van der Waals surface area contributed by atoms with Crippen LogP contribution in [0.3, 0.4) is 0 Å². The van der Waals surface area contributed by atoms with E-state index in [1.54, 1.807) is 31.5 Å². The first-order chi connectivity index (χ1) is 12.3. The topological polar surface area (TPSA) is 51.7 Å². The number of fused-ring (bicyclic) bond motifs is 2. The quantitative estimate of drug-likeness (QED) is 0.537. The van der Waals surface area contributed by atoms with Gasteiger partial charge in [0.25, 0.3) is 0 Å². The number of carbonyl (C=O) groups is 1. The van der Waals surface area contributed by atoms with Crippen LogP contribution in [0.5, 0.6) is 11.5 Å². The number of carbonyl (C=O) groups excluding carboxylic acids is 1. The lowest BCUT2D eigenvalue weighted by atomic mass is 10.1. The van der Waals surface area contributed by atoms with Crippen LogP contribution in [0.2, 0.25) is 0 Å². The number of hydrogen-bond acceptors (Lipinski definition) is 5. The van der Waals surface area contributed by atoms with Crippen LogP contribution in [0.15, 0.2) is 66.9 Å². The van der Waals surface area contributed by atoms with Gasteiger partial charge in [-0.05, 0) is 42.0 Å². The number of rotatable bonds is 3. The van der Waals surface area contributed by atoms with Crippen molar-refractivity contribution >= 4 is 17.5 Å². The molecular formula is C20H16N2O3. The summed E-state index contributed by atoms with van der Waals surface area (Å²) in [6.07, 6.45) is 1.68. The van der Waals surface area contributed by atoms with Crippen molar-refractivity contribution in [3.8, 4) is 11.5 Å². The number of nitrogens with zero attached hydrogens (tertiary/aromatic N) is 2. The van der Waals surface area contributed by atoms with E-state index >= 15 is 0 Å². The van der Waals surface area contributed by atoms with Crippen LogP contribution in [0.4, 0.5) is 11.5 Å². The van der Waals surface area contributed by atoms with Crippen molar-refractivity contribution in [1.82, 2.24) is 4.98 Å². The largest absolute Gasteiger partial charge is 0.497 e. The second-order valence-electron chi connectivity index (χ2n) is 5.67. The van der Waals surface area contributed by atoms with E-state index < -0.39 is 5.97 Å². The zero-order valence-corrected chi connectivity index (χ0v) is 13.7. The Kier molecular flexibility index (Phi) is 3.82. The molecule has 0 N–H and O–H groups in total. The summed E-state index contributed by atoms with van der Waals surface area (Å²) in [5, 5.41) is 0. The van der Waals surface area contributed by atoms with Gasteiger partial charge in [-0.15, -0.1) is 0 Å². The van der Waals surface area contributed by atoms with Crippen molar-refractivity contribution in [2.24, 2.45) is 0 Å². The Balaban J connectivity index is 1.81. The standard InChI is InChI=1S/C20H16N2O3/c1-24-15-10-8-14(9-11-15)13-22-17-6-2-3-7-18(17)25-20(23)16-5-4-12-21-19(16)22/h2-12H,13H2,1H3. The molecule has 0 saturated carbocycles. The Labute approximate surface area is 145 Å². The molecule has 5 nitrogen and oxygen atoms in total. The molecule has 0 bridgehead atoms. The van der Waals surface area contributed by atoms with E-state index in [9.17, 15) is 4.79 Å². The summed E-state index contributed by atoms with van der Waals surface area (Å²) in [4.78, 5) is 18.9. The first-order valence-corrected chi connectivity index (χ1v) is 7.93. The van der Waals surface area contributed by atoms with Gasteiger partial charge in [-0.25, -0.2) is 9.78 Å². The van der Waals surface area contributed by atoms with Gasteiger partial charge in [0.1, 0.15) is 17.1 Å². The fraction of sp³-hybridized carbons (Fsp3) is 0.100. The Hall–Kier alpha value is -3.34. The zero-order valence-electron chi connectivity index (χ0n) is 13.7. The van der Waals surface area contributed by atoms with Gasteiger partial charge >= 0.3 is 5.97 Å². The van der Waals surface area contributed by atoms with Crippen LogP contribution in [0.1, 0.15) is 15.9 Å². The molecule has 0 saturated heterocycles. The molecule has 0 amide bonds. The second-order valence-corrected chi connectivity index (χ2v) is 5.67. The minimum Gasteiger partial charge on any atom is -0.497 e. The maximum Gasteiger partial charge on any atom is 0.347 e. The van der Waals surface area contributed by atoms with Gasteiger partial charge in [-0.3, -0.25) is 0 Å². The van der Waals surface area contributed by atoms with Crippen molar-refractivity contribution in [2.75, 3.05) is 12.0 Å². The molecule has 4 rings (SSSR count). The molecule has 0 aliphatic carbocycles. The highest BCUT2D eigenvalue weighted by molar-refractivity contribution is 5.99. The predicted molar refractivity (Wildman–Crippen MR) is 94.5 cm³/mol. The molecule has 25 heavy (non-hydrogen) atoms. The van der Waals surface area contributed by atoms with Gasteiger partial charge in [0.2, 0.25) is 0 Å². The average Bonchev–Trinajstić information content (AvgIpc) is 2.78. The molecule has 3 aromatic rings. The van der Waals surface area contributed by atoms with Crippen LogP contribution >= 0.6 is 0 Å². The third kappa shape index (κ3) is 2.80. The molecule has 0 unspecified atom stereocenters. The number of methoxy groups -OCH3 is 1. The fourth-order valence-electron chi connectivity index (χ4n) is 2.88. The smallest absolute Gasteiger partial charge is 0.347 e. The van der Waals surface area contributed by atoms with E-state index in [1.165, 1.54) is 0 Å². The average molecular weight is 332 g/mol. The molecule has 1 aliphatic rings. The summed E-state index contributed by atoms with van der Waals surface area (Å²) in [7, 11) is 1.64. The molecule has 2 aromatic carbocycles. The summed E-state index contributed by atoms with van der Waals surface area (Å²) >= 11 is 0. The maximum atomic E-state index is 12.4. The molecule has 1 aliphatic heterocycles. The minimum atomic E-state index is -0.396. The van der Waals surface area contributed by atoms with Gasteiger partial charge in [-0.1, -0.05) is 24.3 Å². The van der Waals surface area contributed by atoms with Gasteiger partial charge in [0.15, 0.2) is 5.75 Å². The van der Waals surface area contributed by atoms with Crippen LogP contribution in [0.25, 0.3) is 0 Å². The first-order valence-electron chi connectivity index (χ1n) is 7.93. The first kappa shape index (κ1) is 15.2. The van der Waals surface area contributed by atoms with Gasteiger partial charge < -0.3 is 14.4 Å². The molecule has 2 heterocycles. The molecule has 0 spiro atoms. The van der Waals surface area contributed by atoms with Crippen molar-refractivity contribution in [1.29, 1.82) is 0 Å². The van der Waals surface area contributed by atoms with Gasteiger partial charge in [0, 0.05) is 12.7 Å². The SMILES string of the molecule is COc1ccc(CN2c3ccccc3OC(=O)c3cccnc32)cc1. The highest BCUT2D eigenvalue weighted by atomic mass is 16.5. The lowest BCUT2D eigenvalue weighted by molar-refractivity contribution is 0.0738. The van der Waals surface area contributed by atoms with Crippen LogP contribution < -0.4 is 14.4 Å². The maximum absolute atomic E-state index is 12.4. The summed E-state index contributed by atoms with van der Waals surface area (Å²) in [5.41, 5.74) is 2.33. The van der Waals surface area contributed by atoms with E-state index in [4.69, 9.17) is 9.47 Å². The highest BCUT2D eigenvalue weighted by Gasteiger charge is 2.27. The number of hydrogen-bond donors (Lipinski definition) is 0. The van der Waals surface area contributed by atoms with Crippen LogP contribution in [-0.2, 0) is 6.54 Å². The second kappa shape index (κ2) is 6.28. The number of aromatic nitrogens is 1. The number of para-hydroxylation sites is 2. The van der Waals surface area contributed by atoms with Crippen molar-refractivity contribution < 1.29 is 14.3 Å². The number of pyridine rings is 1. The summed E-state index contributed by atoms with van der Waals surface area (Å²) in [5.74, 6) is 1.53. The van der Waals surface area contributed by atoms with E-state index in [0.717, 1.165) is 17.0 Å². The zero-order chi connectivity index (χ0) is 17.2. The van der Waals surface area contributed by atoms with E-state index in [2.05, 4.69) is 4.98 Å². The molecule has 0 fully saturated rings. The minimum absolute atomic E-state index is 0.396. The van der Waals surface area contributed by atoms with E-state index in [1.807, 2.05) is 47.4 Å². The normalized spacial score (nSPS) is 12.7. The molecule has 5 heteroatoms. The number of ether oxygens (including phenoxy) is 2. The molecule has 1 aromatic heterocycles. The fourth-order valence-corrected chi connectivity index (χ4v) is 2.88. The van der Waals surface area contributed by atoms with Crippen LogP contribution in [0, 0.1) is 0 Å². The van der Waals surface area contributed by atoms with Crippen molar-refractivity contribution in [3.63, 3.8) is 0 Å². The number of benzene rings is 2. The predicted octanol–water partition coefficient (Wildman–Crippen LogP) is 3.96. The Morgan fingerprint density at radius 2 is 1.84 bits per heavy atom. The summed E-state index contributed by atoms with van der Waals surface area (Å²) in [6.45, 7) is 0.557. The third-order valence-corrected chi connectivity index (χ3v) is 4.12. The van der Waals surface area contributed by atoms with Gasteiger partial charge in [0.05, 0.1) is 12.8 Å². The lowest BCUT2D eigenvalue weighted by Crippen LogP contribution is -2.18. The van der Waals surface area contributed by atoms with Crippen molar-refractivity contribution in [3.05, 3.63) is 78.0 Å². The Morgan fingerprint density at radius 3 is 2.64 bits per heavy atom. The highest BCUT2D eigenvalue weighted by Crippen LogP contribution is 2.39. The summed E-state index contributed by atoms with van der Waals surface area (Å²) in [6, 6.07) is 18.8. The number of anilines is 2. The Morgan fingerprint density at radius 1 is 1.04 bits per heavy atom. The van der Waals surface area contributed by atoms with Crippen molar-refractivity contribution in [2.45, 2.75) is 6.54 Å². The molecule has 0 atom stereocenters. The molecular weight excluding hydrogens is 316 g/mol. The van der Waals surface area contributed by atoms with Crippen LogP contribution in [-0.4, -0.2) is 18.1 Å². The molecule has 0 radical (unpaired) electrons. The van der Waals surface area contributed by atoms with Gasteiger partial charge in [-0.2, -0.15) is 0 Å². The van der Waals surface area contributed by atoms with E-state index in [0.29, 0.717) is 23.7 Å². The summed E-state index contributed by atoms with van der Waals surface area (Å²) < 4.78 is 10.8. The monoisotopic (exact) mass is 332 g/mol. The third-order valence-electron chi connectivity index (χ3n) is 4.12. The molecule has 124 valence electrons. The Bertz CT molecular complexity index is 922. The number of esters is 1. The van der Waals surface area contributed by atoms with E-state index in [-0.39, 0.29) is 0 Å².